The number of sulfone groups is 1. The van der Waals surface area contributed by atoms with Crippen LogP contribution in [0.3, 0.4) is 0 Å². The summed E-state index contributed by atoms with van der Waals surface area (Å²) in [5.74, 6) is -0.253. The molecule has 2 N–H and O–H groups in total. The van der Waals surface area contributed by atoms with Crippen molar-refractivity contribution in [3.63, 3.8) is 0 Å². The van der Waals surface area contributed by atoms with Crippen molar-refractivity contribution >= 4 is 15.9 Å². The Morgan fingerprint density at radius 3 is 2.38 bits per heavy atom. The topological polar surface area (TPSA) is 107 Å². The Kier molecular flexibility index (Phi) is 5.73. The van der Waals surface area contributed by atoms with E-state index in [2.05, 4.69) is 5.32 Å². The molecule has 0 aliphatic heterocycles. The zero-order valence-corrected chi connectivity index (χ0v) is 12.7. The van der Waals surface area contributed by atoms with E-state index in [9.17, 15) is 13.2 Å². The maximum Gasteiger partial charge on any atom is 0.404 e. The second-order valence-electron chi connectivity index (χ2n) is 4.76. The van der Waals surface area contributed by atoms with E-state index in [0.717, 1.165) is 0 Å². The van der Waals surface area contributed by atoms with Gasteiger partial charge in [0, 0.05) is 6.04 Å². The molecule has 2 atom stereocenters. The highest BCUT2D eigenvalue weighted by atomic mass is 32.2. The van der Waals surface area contributed by atoms with E-state index < -0.39 is 27.2 Å². The minimum Gasteiger partial charge on any atom is -0.465 e. The maximum absolute atomic E-state index is 12.3. The third-order valence-corrected chi connectivity index (χ3v) is 5.52. The summed E-state index contributed by atoms with van der Waals surface area (Å²) in [5.41, 5.74) is 1.04. The van der Waals surface area contributed by atoms with Crippen molar-refractivity contribution in [1.82, 2.24) is 5.32 Å². The lowest BCUT2D eigenvalue weighted by atomic mass is 10.1. The summed E-state index contributed by atoms with van der Waals surface area (Å²) in [6.45, 7) is 3.28. The van der Waals surface area contributed by atoms with E-state index in [1.165, 1.54) is 0 Å². The number of hydrogen-bond acceptors (Lipinski definition) is 4. The minimum atomic E-state index is -3.50. The summed E-state index contributed by atoms with van der Waals surface area (Å²) in [5, 5.41) is 18.9. The zero-order valence-electron chi connectivity index (χ0n) is 11.9. The van der Waals surface area contributed by atoms with Crippen LogP contribution in [0.5, 0.6) is 0 Å². The fourth-order valence-corrected chi connectivity index (χ4v) is 3.64. The number of nitriles is 1. The Balaban J connectivity index is 2.89. The molecule has 0 aromatic heterocycles. The smallest absolute Gasteiger partial charge is 0.404 e. The SMILES string of the molecule is CC[C@@H](CS(=O)(=O)[C@@H](C)c1ccc(C#N)cc1)NC(=O)O. The van der Waals surface area contributed by atoms with E-state index >= 15 is 0 Å². The molecule has 0 saturated carbocycles. The largest absolute Gasteiger partial charge is 0.465 e. The summed E-state index contributed by atoms with van der Waals surface area (Å²) in [7, 11) is -3.50. The van der Waals surface area contributed by atoms with Crippen LogP contribution in [0.4, 0.5) is 4.79 Å². The number of hydrogen-bond donors (Lipinski definition) is 2. The molecule has 0 bridgehead atoms. The third kappa shape index (κ3) is 4.76. The normalized spacial score (nSPS) is 14.0. The first-order valence-corrected chi connectivity index (χ1v) is 8.22. The van der Waals surface area contributed by atoms with Crippen LogP contribution in [0.25, 0.3) is 0 Å². The Morgan fingerprint density at radius 1 is 1.38 bits per heavy atom. The predicted octanol–water partition coefficient (Wildman–Crippen LogP) is 2.08. The van der Waals surface area contributed by atoms with Gasteiger partial charge in [-0.15, -0.1) is 0 Å². The van der Waals surface area contributed by atoms with Crippen LogP contribution in [-0.2, 0) is 9.84 Å². The van der Waals surface area contributed by atoms with Crippen molar-refractivity contribution < 1.29 is 18.3 Å². The van der Waals surface area contributed by atoms with Gasteiger partial charge in [-0.05, 0) is 31.0 Å². The standard InChI is InChI=1S/C14H18N2O4S/c1-3-13(16-14(17)18)9-21(19,20)10(2)12-6-4-11(8-15)5-7-12/h4-7,10,13,16H,3,9H2,1-2H3,(H,17,18)/t10-,13-/m0/s1. The highest BCUT2D eigenvalue weighted by Crippen LogP contribution is 2.23. The molecule has 21 heavy (non-hydrogen) atoms. The monoisotopic (exact) mass is 310 g/mol. The van der Waals surface area contributed by atoms with Gasteiger partial charge in [0.1, 0.15) is 0 Å². The molecule has 7 heteroatoms. The quantitative estimate of drug-likeness (QED) is 0.836. The summed E-state index contributed by atoms with van der Waals surface area (Å²) in [6, 6.07) is 7.67. The van der Waals surface area contributed by atoms with Gasteiger partial charge in [0.25, 0.3) is 0 Å². The van der Waals surface area contributed by atoms with Crippen LogP contribution in [0, 0.1) is 11.3 Å². The highest BCUT2D eigenvalue weighted by Gasteiger charge is 2.26. The second-order valence-corrected chi connectivity index (χ2v) is 7.13. The molecule has 0 aliphatic carbocycles. The van der Waals surface area contributed by atoms with Crippen molar-refractivity contribution in [2.24, 2.45) is 0 Å². The number of rotatable bonds is 6. The molecule has 0 aliphatic rings. The number of nitrogens with one attached hydrogen (secondary N) is 1. The molecule has 0 radical (unpaired) electrons. The predicted molar refractivity (Wildman–Crippen MR) is 78.6 cm³/mol. The van der Waals surface area contributed by atoms with Crippen LogP contribution >= 0.6 is 0 Å². The second kappa shape index (κ2) is 7.09. The Bertz CT molecular complexity index is 632. The van der Waals surface area contributed by atoms with Gasteiger partial charge < -0.3 is 10.4 Å². The molecule has 0 spiro atoms. The van der Waals surface area contributed by atoms with Crippen molar-refractivity contribution in [2.45, 2.75) is 31.6 Å². The first kappa shape index (κ1) is 17.0. The van der Waals surface area contributed by atoms with Gasteiger partial charge in [-0.25, -0.2) is 13.2 Å². The molecule has 1 amide bonds. The Hall–Kier alpha value is -2.07. The maximum atomic E-state index is 12.3. The summed E-state index contributed by atoms with van der Waals surface area (Å²) in [6.07, 6.45) is -0.839. The first-order chi connectivity index (χ1) is 9.80. The molecule has 1 aromatic carbocycles. The first-order valence-electron chi connectivity index (χ1n) is 6.51. The number of amides is 1. The average Bonchev–Trinajstić information content (AvgIpc) is 2.45. The van der Waals surface area contributed by atoms with Crippen molar-refractivity contribution in [3.05, 3.63) is 35.4 Å². The van der Waals surface area contributed by atoms with Crippen molar-refractivity contribution in [3.8, 4) is 6.07 Å². The van der Waals surface area contributed by atoms with Gasteiger partial charge in [-0.3, -0.25) is 0 Å². The van der Waals surface area contributed by atoms with Crippen molar-refractivity contribution in [2.75, 3.05) is 5.75 Å². The fourth-order valence-electron chi connectivity index (χ4n) is 1.90. The lowest BCUT2D eigenvalue weighted by Gasteiger charge is -2.19. The summed E-state index contributed by atoms with van der Waals surface area (Å²) < 4.78 is 24.7. The highest BCUT2D eigenvalue weighted by molar-refractivity contribution is 7.91. The molecule has 0 fully saturated rings. The van der Waals surface area contributed by atoms with E-state index in [1.807, 2.05) is 6.07 Å². The van der Waals surface area contributed by atoms with Crippen LogP contribution in [0.15, 0.2) is 24.3 Å². The number of nitrogens with zero attached hydrogens (tertiary/aromatic N) is 1. The molecule has 6 nitrogen and oxygen atoms in total. The van der Waals surface area contributed by atoms with Gasteiger partial charge in [0.05, 0.1) is 22.6 Å². The summed E-state index contributed by atoms with van der Waals surface area (Å²) >= 11 is 0. The van der Waals surface area contributed by atoms with E-state index in [-0.39, 0.29) is 5.75 Å². The fraction of sp³-hybridized carbons (Fsp3) is 0.429. The van der Waals surface area contributed by atoms with Gasteiger partial charge in [-0.2, -0.15) is 5.26 Å². The molecule has 1 aromatic rings. The molecule has 114 valence electrons. The lowest BCUT2D eigenvalue weighted by molar-refractivity contribution is 0.190. The molecular formula is C14H18N2O4S. The molecule has 0 saturated heterocycles. The molecular weight excluding hydrogens is 292 g/mol. The van der Waals surface area contributed by atoms with Gasteiger partial charge in [0.2, 0.25) is 0 Å². The van der Waals surface area contributed by atoms with Crippen LogP contribution in [0.1, 0.15) is 36.6 Å². The van der Waals surface area contributed by atoms with E-state index in [0.29, 0.717) is 17.5 Å². The van der Waals surface area contributed by atoms with Crippen LogP contribution in [0.2, 0.25) is 0 Å². The van der Waals surface area contributed by atoms with Crippen LogP contribution in [-0.4, -0.2) is 31.4 Å². The summed E-state index contributed by atoms with van der Waals surface area (Å²) in [4.78, 5) is 10.6. The van der Waals surface area contributed by atoms with Crippen molar-refractivity contribution in [1.29, 1.82) is 5.26 Å². The third-order valence-electron chi connectivity index (χ3n) is 3.30. The van der Waals surface area contributed by atoms with E-state index in [1.54, 1.807) is 38.1 Å². The number of carbonyl (C=O) groups is 1. The van der Waals surface area contributed by atoms with Crippen LogP contribution < -0.4 is 5.32 Å². The Morgan fingerprint density at radius 2 is 1.95 bits per heavy atom. The molecule has 1 rings (SSSR count). The number of benzene rings is 1. The number of carboxylic acid groups (broad SMARTS) is 1. The lowest BCUT2D eigenvalue weighted by Crippen LogP contribution is -2.39. The zero-order chi connectivity index (χ0) is 16.0. The van der Waals surface area contributed by atoms with Gasteiger partial charge >= 0.3 is 6.09 Å². The minimum absolute atomic E-state index is 0.253. The Labute approximate surface area is 124 Å². The van der Waals surface area contributed by atoms with E-state index in [4.69, 9.17) is 10.4 Å². The van der Waals surface area contributed by atoms with Gasteiger partial charge in [0.15, 0.2) is 9.84 Å². The average molecular weight is 310 g/mol. The molecule has 0 heterocycles. The van der Waals surface area contributed by atoms with Gasteiger partial charge in [-0.1, -0.05) is 19.1 Å². The molecule has 0 unspecified atom stereocenters.